The molecule has 2 atom stereocenters. The fourth-order valence-electron chi connectivity index (χ4n) is 3.71. The number of fused-ring (bicyclic) bond motifs is 1. The summed E-state index contributed by atoms with van der Waals surface area (Å²) in [6.07, 6.45) is 4.22. The molecule has 0 amide bonds. The molecule has 3 heteroatoms. The topological polar surface area (TPSA) is 38.3 Å². The van der Waals surface area contributed by atoms with Crippen LogP contribution in [0.4, 0.5) is 0 Å². The summed E-state index contributed by atoms with van der Waals surface area (Å²) in [7, 11) is 0. The lowest BCUT2D eigenvalue weighted by molar-refractivity contribution is -0.129. The number of ketones is 1. The minimum atomic E-state index is 0.311. The van der Waals surface area contributed by atoms with Gasteiger partial charge in [-0.25, -0.2) is 0 Å². The van der Waals surface area contributed by atoms with Gasteiger partial charge in [0.25, 0.3) is 0 Å². The molecule has 2 aliphatic heterocycles. The van der Waals surface area contributed by atoms with Gasteiger partial charge in [-0.2, -0.15) is 0 Å². The highest BCUT2D eigenvalue weighted by atomic mass is 16.5. The summed E-state index contributed by atoms with van der Waals surface area (Å²) in [6.45, 7) is 3.86. The highest BCUT2D eigenvalue weighted by Gasteiger charge is 2.41. The Labute approximate surface area is 96.9 Å². The van der Waals surface area contributed by atoms with Gasteiger partial charge in [0.2, 0.25) is 0 Å². The van der Waals surface area contributed by atoms with Crippen LogP contribution in [0.15, 0.2) is 0 Å². The van der Waals surface area contributed by atoms with Gasteiger partial charge in [-0.1, -0.05) is 0 Å². The van der Waals surface area contributed by atoms with E-state index in [0.717, 1.165) is 63.8 Å². The first-order valence-corrected chi connectivity index (χ1v) is 6.67. The Morgan fingerprint density at radius 3 is 2.25 bits per heavy atom. The lowest BCUT2D eigenvalue weighted by atomic mass is 9.86. The van der Waals surface area contributed by atoms with E-state index >= 15 is 0 Å². The van der Waals surface area contributed by atoms with Gasteiger partial charge in [-0.05, 0) is 50.6 Å². The second-order valence-corrected chi connectivity index (χ2v) is 5.64. The Hall–Kier alpha value is -0.410. The number of nitrogens with one attached hydrogen (secondary N) is 1. The minimum Gasteiger partial charge on any atom is -0.381 e. The number of ether oxygens (including phenoxy) is 1. The number of hydrogen-bond donors (Lipinski definition) is 1. The van der Waals surface area contributed by atoms with E-state index in [4.69, 9.17) is 4.74 Å². The van der Waals surface area contributed by atoms with Crippen LogP contribution in [-0.2, 0) is 9.53 Å². The molecule has 0 radical (unpaired) electrons. The van der Waals surface area contributed by atoms with Crippen molar-refractivity contribution < 1.29 is 9.53 Å². The Balaban J connectivity index is 1.59. The zero-order valence-electron chi connectivity index (χ0n) is 9.78. The van der Waals surface area contributed by atoms with E-state index in [1.807, 2.05) is 0 Å². The minimum absolute atomic E-state index is 0.311. The van der Waals surface area contributed by atoms with Crippen molar-refractivity contribution in [2.24, 2.45) is 23.7 Å². The third kappa shape index (κ3) is 1.91. The molecule has 16 heavy (non-hydrogen) atoms. The molecule has 1 aliphatic carbocycles. The quantitative estimate of drug-likeness (QED) is 0.765. The van der Waals surface area contributed by atoms with Crippen LogP contribution < -0.4 is 5.32 Å². The van der Waals surface area contributed by atoms with E-state index in [1.165, 1.54) is 0 Å². The molecule has 3 aliphatic rings. The van der Waals surface area contributed by atoms with Gasteiger partial charge in [0.15, 0.2) is 0 Å². The fraction of sp³-hybridized carbons (Fsp3) is 0.923. The Morgan fingerprint density at radius 1 is 1.00 bits per heavy atom. The summed E-state index contributed by atoms with van der Waals surface area (Å²) in [5.41, 5.74) is 0. The summed E-state index contributed by atoms with van der Waals surface area (Å²) in [4.78, 5) is 12.4. The molecule has 1 saturated carbocycles. The van der Waals surface area contributed by atoms with Crippen LogP contribution in [0.1, 0.15) is 25.7 Å². The van der Waals surface area contributed by atoms with Crippen LogP contribution in [0.3, 0.4) is 0 Å². The van der Waals surface area contributed by atoms with Crippen LogP contribution >= 0.6 is 0 Å². The zero-order chi connectivity index (χ0) is 11.0. The van der Waals surface area contributed by atoms with Crippen molar-refractivity contribution in [3.63, 3.8) is 0 Å². The normalized spacial score (nSPS) is 39.9. The van der Waals surface area contributed by atoms with Gasteiger partial charge in [-0.15, -0.1) is 0 Å². The van der Waals surface area contributed by atoms with Gasteiger partial charge in [0.1, 0.15) is 5.78 Å². The highest BCUT2D eigenvalue weighted by molar-refractivity contribution is 5.83. The third-order valence-corrected chi connectivity index (χ3v) is 4.68. The Morgan fingerprint density at radius 2 is 1.62 bits per heavy atom. The maximum atomic E-state index is 12.4. The summed E-state index contributed by atoms with van der Waals surface area (Å²) >= 11 is 0. The van der Waals surface area contributed by atoms with Gasteiger partial charge in [-0.3, -0.25) is 4.79 Å². The number of hydrogen-bond acceptors (Lipinski definition) is 3. The predicted molar refractivity (Wildman–Crippen MR) is 61.1 cm³/mol. The smallest absolute Gasteiger partial charge is 0.139 e. The molecular formula is C13H21NO2. The fourth-order valence-corrected chi connectivity index (χ4v) is 3.71. The molecule has 2 unspecified atom stereocenters. The SMILES string of the molecule is O=C(C1CCOCC1)C1CC2CNCC2C1. The first-order valence-electron chi connectivity index (χ1n) is 6.67. The molecule has 0 aromatic carbocycles. The van der Waals surface area contributed by atoms with Crippen molar-refractivity contribution in [3.8, 4) is 0 Å². The first kappa shape index (κ1) is 10.7. The van der Waals surface area contributed by atoms with Gasteiger partial charge in [0, 0.05) is 25.0 Å². The van der Waals surface area contributed by atoms with Crippen molar-refractivity contribution in [2.45, 2.75) is 25.7 Å². The first-order chi connectivity index (χ1) is 7.84. The van der Waals surface area contributed by atoms with Crippen LogP contribution in [0.5, 0.6) is 0 Å². The van der Waals surface area contributed by atoms with Gasteiger partial charge >= 0.3 is 0 Å². The molecule has 0 spiro atoms. The molecule has 2 heterocycles. The van der Waals surface area contributed by atoms with E-state index in [2.05, 4.69) is 5.32 Å². The van der Waals surface area contributed by atoms with Gasteiger partial charge < -0.3 is 10.1 Å². The zero-order valence-corrected chi connectivity index (χ0v) is 9.78. The van der Waals surface area contributed by atoms with Gasteiger partial charge in [0.05, 0.1) is 0 Å². The second kappa shape index (κ2) is 4.46. The monoisotopic (exact) mass is 223 g/mol. The third-order valence-electron chi connectivity index (χ3n) is 4.68. The van der Waals surface area contributed by atoms with Crippen LogP contribution in [0.25, 0.3) is 0 Å². The second-order valence-electron chi connectivity index (χ2n) is 5.64. The van der Waals surface area contributed by atoms with Crippen LogP contribution in [-0.4, -0.2) is 32.1 Å². The average Bonchev–Trinajstić information content (AvgIpc) is 2.89. The van der Waals surface area contributed by atoms with Crippen molar-refractivity contribution in [1.82, 2.24) is 5.32 Å². The molecular weight excluding hydrogens is 202 g/mol. The van der Waals surface area contributed by atoms with E-state index < -0.39 is 0 Å². The molecule has 0 aromatic rings. The number of carbonyl (C=O) groups excluding carboxylic acids is 1. The number of Topliss-reactive ketones (excluding diaryl/α,β-unsaturated/α-hetero) is 1. The standard InChI is InChI=1S/C13H21NO2/c15-13(9-1-3-16-4-2-9)10-5-11-7-14-8-12(11)6-10/h9-12,14H,1-8H2. The average molecular weight is 223 g/mol. The summed E-state index contributed by atoms with van der Waals surface area (Å²) in [5.74, 6) is 2.81. The lowest BCUT2D eigenvalue weighted by Crippen LogP contribution is -2.28. The Kier molecular flexibility index (Phi) is 2.99. The summed E-state index contributed by atoms with van der Waals surface area (Å²) < 4.78 is 5.32. The molecule has 90 valence electrons. The largest absolute Gasteiger partial charge is 0.381 e. The Bertz CT molecular complexity index is 261. The molecule has 3 fully saturated rings. The molecule has 3 nitrogen and oxygen atoms in total. The van der Waals surface area contributed by atoms with E-state index in [0.29, 0.717) is 17.6 Å². The summed E-state index contributed by atoms with van der Waals surface area (Å²) in [5, 5.41) is 3.43. The molecule has 3 rings (SSSR count). The van der Waals surface area contributed by atoms with Crippen molar-refractivity contribution in [3.05, 3.63) is 0 Å². The van der Waals surface area contributed by atoms with Crippen LogP contribution in [0.2, 0.25) is 0 Å². The van der Waals surface area contributed by atoms with Crippen LogP contribution in [0, 0.1) is 23.7 Å². The molecule has 0 aromatic heterocycles. The van der Waals surface area contributed by atoms with Crippen molar-refractivity contribution in [1.29, 1.82) is 0 Å². The maximum absolute atomic E-state index is 12.4. The van der Waals surface area contributed by atoms with E-state index in [-0.39, 0.29) is 0 Å². The van der Waals surface area contributed by atoms with E-state index in [9.17, 15) is 4.79 Å². The maximum Gasteiger partial charge on any atom is 0.139 e. The molecule has 1 N–H and O–H groups in total. The number of rotatable bonds is 2. The molecule has 2 saturated heterocycles. The van der Waals surface area contributed by atoms with E-state index in [1.54, 1.807) is 0 Å². The molecule has 0 bridgehead atoms. The van der Waals surface area contributed by atoms with Crippen molar-refractivity contribution in [2.75, 3.05) is 26.3 Å². The highest BCUT2D eigenvalue weighted by Crippen LogP contribution is 2.40. The van der Waals surface area contributed by atoms with Crippen molar-refractivity contribution >= 4 is 5.78 Å². The lowest BCUT2D eigenvalue weighted by Gasteiger charge is -2.23. The summed E-state index contributed by atoms with van der Waals surface area (Å²) in [6, 6.07) is 0. The number of carbonyl (C=O) groups is 1. The predicted octanol–water partition coefficient (Wildman–Crippen LogP) is 1.23.